The van der Waals surface area contributed by atoms with E-state index in [-0.39, 0.29) is 12.5 Å². The summed E-state index contributed by atoms with van der Waals surface area (Å²) >= 11 is 0. The van der Waals surface area contributed by atoms with Crippen LogP contribution in [-0.2, 0) is 16.0 Å². The molecular formula is C22H36N4O3. The van der Waals surface area contributed by atoms with E-state index >= 15 is 0 Å². The summed E-state index contributed by atoms with van der Waals surface area (Å²) in [4.78, 5) is 18.0. The molecule has 29 heavy (non-hydrogen) atoms. The summed E-state index contributed by atoms with van der Waals surface area (Å²) in [6, 6.07) is 8.06. The van der Waals surface area contributed by atoms with E-state index in [4.69, 9.17) is 9.47 Å². The van der Waals surface area contributed by atoms with E-state index in [9.17, 15) is 4.79 Å². The van der Waals surface area contributed by atoms with Crippen molar-refractivity contribution in [3.8, 4) is 5.75 Å². The minimum atomic E-state index is -0.0151. The smallest absolute Gasteiger partial charge is 0.243 e. The number of guanidine groups is 1. The molecule has 1 amide bonds. The first kappa shape index (κ1) is 23.0. The SMILES string of the molecule is CCOCCC1(CNC(=NCC(=O)N(C)C)NCCc2ccc(OC)cc2)CC1. The van der Waals surface area contributed by atoms with Gasteiger partial charge in [0.15, 0.2) is 5.96 Å². The first-order valence-electron chi connectivity index (χ1n) is 10.4. The summed E-state index contributed by atoms with van der Waals surface area (Å²) in [6.45, 7) is 5.31. The van der Waals surface area contributed by atoms with Gasteiger partial charge in [0.2, 0.25) is 5.91 Å². The van der Waals surface area contributed by atoms with Crippen LogP contribution in [0.2, 0.25) is 0 Å². The molecule has 7 nitrogen and oxygen atoms in total. The monoisotopic (exact) mass is 404 g/mol. The number of methoxy groups -OCH3 is 1. The zero-order valence-corrected chi connectivity index (χ0v) is 18.3. The number of hydrogen-bond donors (Lipinski definition) is 2. The van der Waals surface area contributed by atoms with E-state index in [0.29, 0.717) is 11.4 Å². The van der Waals surface area contributed by atoms with Crippen molar-refractivity contribution in [1.82, 2.24) is 15.5 Å². The predicted molar refractivity (Wildman–Crippen MR) is 116 cm³/mol. The summed E-state index contributed by atoms with van der Waals surface area (Å²) in [7, 11) is 5.16. The van der Waals surface area contributed by atoms with Crippen LogP contribution < -0.4 is 15.4 Å². The number of rotatable bonds is 12. The Balaban J connectivity index is 1.86. The molecule has 1 aromatic carbocycles. The second kappa shape index (κ2) is 11.7. The summed E-state index contributed by atoms with van der Waals surface area (Å²) < 4.78 is 10.7. The number of amides is 1. The highest BCUT2D eigenvalue weighted by atomic mass is 16.5. The number of benzene rings is 1. The lowest BCUT2D eigenvalue weighted by molar-refractivity contribution is -0.127. The number of aliphatic imine (C=N–C) groups is 1. The Morgan fingerprint density at radius 2 is 1.93 bits per heavy atom. The van der Waals surface area contributed by atoms with Crippen LogP contribution in [0.25, 0.3) is 0 Å². The molecule has 0 saturated heterocycles. The van der Waals surface area contributed by atoms with Crippen molar-refractivity contribution in [2.75, 3.05) is 54.1 Å². The van der Waals surface area contributed by atoms with Gasteiger partial charge in [-0.25, -0.2) is 4.99 Å². The van der Waals surface area contributed by atoms with Gasteiger partial charge in [-0.2, -0.15) is 0 Å². The maximum Gasteiger partial charge on any atom is 0.243 e. The van der Waals surface area contributed by atoms with Crippen molar-refractivity contribution in [2.24, 2.45) is 10.4 Å². The number of carbonyl (C=O) groups is 1. The van der Waals surface area contributed by atoms with Gasteiger partial charge in [0.1, 0.15) is 12.3 Å². The fourth-order valence-electron chi connectivity index (χ4n) is 2.98. The lowest BCUT2D eigenvalue weighted by Gasteiger charge is -2.19. The quantitative estimate of drug-likeness (QED) is 0.317. The minimum absolute atomic E-state index is 0.0151. The first-order chi connectivity index (χ1) is 14.0. The maximum atomic E-state index is 11.9. The van der Waals surface area contributed by atoms with Crippen molar-refractivity contribution < 1.29 is 14.3 Å². The molecule has 0 atom stereocenters. The molecule has 0 bridgehead atoms. The molecule has 7 heteroatoms. The number of hydrogen-bond acceptors (Lipinski definition) is 4. The van der Waals surface area contributed by atoms with Crippen LogP contribution in [0, 0.1) is 5.41 Å². The van der Waals surface area contributed by atoms with E-state index in [2.05, 4.69) is 27.8 Å². The molecule has 1 aromatic rings. The topological polar surface area (TPSA) is 75.2 Å². The van der Waals surface area contributed by atoms with Crippen molar-refractivity contribution in [3.05, 3.63) is 29.8 Å². The van der Waals surface area contributed by atoms with Crippen molar-refractivity contribution in [3.63, 3.8) is 0 Å². The van der Waals surface area contributed by atoms with Gasteiger partial charge >= 0.3 is 0 Å². The average molecular weight is 405 g/mol. The molecule has 0 radical (unpaired) electrons. The molecule has 0 aliphatic heterocycles. The van der Waals surface area contributed by atoms with Crippen LogP contribution in [0.1, 0.15) is 31.7 Å². The van der Waals surface area contributed by atoms with Crippen LogP contribution in [0.4, 0.5) is 0 Å². The number of nitrogens with zero attached hydrogens (tertiary/aromatic N) is 2. The third kappa shape index (κ3) is 8.31. The van der Waals surface area contributed by atoms with Gasteiger partial charge in [0.05, 0.1) is 7.11 Å². The highest BCUT2D eigenvalue weighted by Gasteiger charge is 2.41. The third-order valence-corrected chi connectivity index (χ3v) is 5.31. The second-order valence-electron chi connectivity index (χ2n) is 7.78. The molecule has 0 unspecified atom stereocenters. The normalized spacial score (nSPS) is 15.0. The van der Waals surface area contributed by atoms with Gasteiger partial charge in [-0.05, 0) is 55.7 Å². The molecule has 2 rings (SSSR count). The molecule has 1 fully saturated rings. The Bertz CT molecular complexity index is 655. The third-order valence-electron chi connectivity index (χ3n) is 5.31. The number of nitrogens with one attached hydrogen (secondary N) is 2. The molecule has 1 aliphatic rings. The Morgan fingerprint density at radius 3 is 2.52 bits per heavy atom. The van der Waals surface area contributed by atoms with Gasteiger partial charge in [-0.3, -0.25) is 4.79 Å². The Labute approximate surface area is 174 Å². The largest absolute Gasteiger partial charge is 0.497 e. The van der Waals surface area contributed by atoms with Gasteiger partial charge in [0.25, 0.3) is 0 Å². The predicted octanol–water partition coefficient (Wildman–Crippen LogP) is 2.07. The number of likely N-dealkylation sites (N-methyl/N-ethyl adjacent to an activating group) is 1. The maximum absolute atomic E-state index is 11.9. The van der Waals surface area contributed by atoms with Crippen molar-refractivity contribution in [2.45, 2.75) is 32.6 Å². The Hall–Kier alpha value is -2.28. The molecule has 0 heterocycles. The lowest BCUT2D eigenvalue weighted by atomic mass is 10.0. The van der Waals surface area contributed by atoms with Crippen LogP contribution in [0.5, 0.6) is 5.75 Å². The molecule has 162 valence electrons. The molecular weight excluding hydrogens is 368 g/mol. The van der Waals surface area contributed by atoms with E-state index < -0.39 is 0 Å². The highest BCUT2D eigenvalue weighted by molar-refractivity contribution is 5.84. The summed E-state index contributed by atoms with van der Waals surface area (Å²) in [5.74, 6) is 1.53. The second-order valence-corrected chi connectivity index (χ2v) is 7.78. The summed E-state index contributed by atoms with van der Waals surface area (Å²) in [5, 5.41) is 6.81. The van der Waals surface area contributed by atoms with Crippen LogP contribution in [0.3, 0.4) is 0 Å². The zero-order valence-electron chi connectivity index (χ0n) is 18.3. The van der Waals surface area contributed by atoms with Crippen molar-refractivity contribution in [1.29, 1.82) is 0 Å². The van der Waals surface area contributed by atoms with Gasteiger partial charge in [-0.1, -0.05) is 12.1 Å². The molecule has 1 aliphatic carbocycles. The van der Waals surface area contributed by atoms with Crippen LogP contribution in [0.15, 0.2) is 29.3 Å². The van der Waals surface area contributed by atoms with Crippen molar-refractivity contribution >= 4 is 11.9 Å². The Morgan fingerprint density at radius 1 is 1.21 bits per heavy atom. The fourth-order valence-corrected chi connectivity index (χ4v) is 2.98. The minimum Gasteiger partial charge on any atom is -0.497 e. The average Bonchev–Trinajstić information content (AvgIpc) is 3.50. The van der Waals surface area contributed by atoms with E-state index in [1.807, 2.05) is 19.1 Å². The number of carbonyl (C=O) groups excluding carboxylic acids is 1. The fraction of sp³-hybridized carbons (Fsp3) is 0.636. The van der Waals surface area contributed by atoms with Gasteiger partial charge < -0.3 is 25.0 Å². The van der Waals surface area contributed by atoms with Gasteiger partial charge in [0, 0.05) is 40.4 Å². The van der Waals surface area contributed by atoms with Gasteiger partial charge in [-0.15, -0.1) is 0 Å². The zero-order chi connectivity index (χ0) is 21.1. The molecule has 0 spiro atoms. The summed E-state index contributed by atoms with van der Waals surface area (Å²) in [5.41, 5.74) is 1.52. The van der Waals surface area contributed by atoms with E-state index in [1.54, 1.807) is 26.1 Å². The molecule has 1 saturated carbocycles. The molecule has 0 aromatic heterocycles. The van der Waals surface area contributed by atoms with E-state index in [1.165, 1.54) is 18.4 Å². The molecule has 2 N–H and O–H groups in total. The standard InChI is InChI=1S/C22H36N4O3/c1-5-29-15-13-22(11-12-22)17-25-21(24-16-20(27)26(2)3)23-14-10-18-6-8-19(28-4)9-7-18/h6-9H,5,10-17H2,1-4H3,(H2,23,24,25). The van der Waals surface area contributed by atoms with Crippen LogP contribution >= 0.6 is 0 Å². The summed E-state index contributed by atoms with van der Waals surface area (Å²) in [6.07, 6.45) is 4.34. The number of ether oxygens (including phenoxy) is 2. The van der Waals surface area contributed by atoms with Crippen LogP contribution in [-0.4, -0.2) is 70.8 Å². The first-order valence-corrected chi connectivity index (χ1v) is 10.4. The lowest BCUT2D eigenvalue weighted by Crippen LogP contribution is -2.42. The highest BCUT2D eigenvalue weighted by Crippen LogP contribution is 2.48. The Kier molecular flexibility index (Phi) is 9.25. The van der Waals surface area contributed by atoms with E-state index in [0.717, 1.165) is 44.9 Å².